The van der Waals surface area contributed by atoms with Crippen LogP contribution in [-0.2, 0) is 0 Å². The van der Waals surface area contributed by atoms with Crippen molar-refractivity contribution in [2.24, 2.45) is 0 Å². The molecule has 7 aromatic rings. The van der Waals surface area contributed by atoms with E-state index in [1.807, 2.05) is 42.5 Å². The maximum absolute atomic E-state index is 6.19. The van der Waals surface area contributed by atoms with Crippen molar-refractivity contribution >= 4 is 42.7 Å². The van der Waals surface area contributed by atoms with Gasteiger partial charge in [-0.3, -0.25) is 0 Å². The molecule has 4 aromatic carbocycles. The van der Waals surface area contributed by atoms with Gasteiger partial charge in [-0.25, -0.2) is 9.97 Å². The van der Waals surface area contributed by atoms with E-state index in [0.29, 0.717) is 5.82 Å². The second-order valence-electron chi connectivity index (χ2n) is 8.27. The zero-order valence-electron chi connectivity index (χ0n) is 18.1. The lowest BCUT2D eigenvalue weighted by Gasteiger charge is -2.09. The Morgan fingerprint density at radius 1 is 0.559 bits per heavy atom. The van der Waals surface area contributed by atoms with Crippen LogP contribution in [0.15, 0.2) is 114 Å². The zero-order valence-corrected chi connectivity index (χ0v) is 18.9. The maximum atomic E-state index is 6.19. The highest BCUT2D eigenvalue weighted by Gasteiger charge is 2.16. The van der Waals surface area contributed by atoms with Crippen molar-refractivity contribution in [1.82, 2.24) is 9.97 Å². The minimum Gasteiger partial charge on any atom is -0.445 e. The number of aromatic nitrogens is 2. The molecule has 0 unspecified atom stereocenters. The molecule has 0 saturated heterocycles. The average Bonchev–Trinajstić information content (AvgIpc) is 3.45. The molecule has 0 N–H and O–H groups in total. The molecule has 160 valence electrons. The predicted molar refractivity (Wildman–Crippen MR) is 141 cm³/mol. The van der Waals surface area contributed by atoms with Crippen LogP contribution in [0.25, 0.3) is 65.2 Å². The number of benzene rings is 4. The second kappa shape index (κ2) is 7.65. The van der Waals surface area contributed by atoms with Gasteiger partial charge in [0.2, 0.25) is 0 Å². The molecule has 4 heteroatoms. The fraction of sp³-hybridized carbons (Fsp3) is 0. The summed E-state index contributed by atoms with van der Waals surface area (Å²) >= 11 is 1.69. The van der Waals surface area contributed by atoms with E-state index in [9.17, 15) is 0 Å². The van der Waals surface area contributed by atoms with E-state index in [2.05, 4.69) is 66.7 Å². The van der Waals surface area contributed by atoms with E-state index >= 15 is 0 Å². The summed E-state index contributed by atoms with van der Waals surface area (Å²) in [5.74, 6) is 0.705. The first kappa shape index (κ1) is 19.2. The molecule has 3 nitrogen and oxygen atoms in total. The molecule has 0 fully saturated rings. The fourth-order valence-electron chi connectivity index (χ4n) is 4.49. The number of furan rings is 1. The summed E-state index contributed by atoms with van der Waals surface area (Å²) in [5.41, 5.74) is 5.81. The van der Waals surface area contributed by atoms with E-state index in [-0.39, 0.29) is 0 Å². The van der Waals surface area contributed by atoms with Crippen LogP contribution >= 0.6 is 11.3 Å². The summed E-state index contributed by atoms with van der Waals surface area (Å²) in [6.07, 6.45) is 0. The minimum atomic E-state index is 0.705. The van der Waals surface area contributed by atoms with Gasteiger partial charge < -0.3 is 4.42 Å². The Morgan fingerprint density at radius 3 is 1.91 bits per heavy atom. The van der Waals surface area contributed by atoms with Crippen LogP contribution < -0.4 is 0 Å². The van der Waals surface area contributed by atoms with Gasteiger partial charge in [0, 0.05) is 37.5 Å². The van der Waals surface area contributed by atoms with Crippen molar-refractivity contribution in [3.63, 3.8) is 0 Å². The third-order valence-corrected chi connectivity index (χ3v) is 7.19. The Labute approximate surface area is 200 Å². The van der Waals surface area contributed by atoms with Crippen molar-refractivity contribution in [3.05, 3.63) is 109 Å². The SMILES string of the molecule is c1ccc(-c2cc(-c3ccccc3)nc(-c3ccc4oc5sc6ccccc6c5c4c3)n2)cc1. The first-order valence-electron chi connectivity index (χ1n) is 11.2. The van der Waals surface area contributed by atoms with Crippen LogP contribution in [0.3, 0.4) is 0 Å². The van der Waals surface area contributed by atoms with Crippen LogP contribution in [0.2, 0.25) is 0 Å². The van der Waals surface area contributed by atoms with Gasteiger partial charge in [0.1, 0.15) is 5.58 Å². The van der Waals surface area contributed by atoms with Crippen molar-refractivity contribution in [1.29, 1.82) is 0 Å². The minimum absolute atomic E-state index is 0.705. The first-order chi connectivity index (χ1) is 16.8. The fourth-order valence-corrected chi connectivity index (χ4v) is 5.57. The van der Waals surface area contributed by atoms with Gasteiger partial charge in [0.25, 0.3) is 0 Å². The van der Waals surface area contributed by atoms with Crippen molar-refractivity contribution < 1.29 is 4.42 Å². The highest BCUT2D eigenvalue weighted by Crippen LogP contribution is 2.41. The molecule has 0 atom stereocenters. The number of rotatable bonds is 3. The molecule has 0 saturated carbocycles. The number of hydrogen-bond acceptors (Lipinski definition) is 4. The van der Waals surface area contributed by atoms with Crippen LogP contribution in [0, 0.1) is 0 Å². The molecule has 0 bridgehead atoms. The summed E-state index contributed by atoms with van der Waals surface area (Å²) in [7, 11) is 0. The standard InChI is InChI=1S/C30H18N2OS/c1-3-9-19(10-4-1)24-18-25(20-11-5-2-6-12-20)32-29(31-24)21-15-16-26-23(17-21)28-22-13-7-8-14-27(22)34-30(28)33-26/h1-18H. The zero-order chi connectivity index (χ0) is 22.5. The Kier molecular flexibility index (Phi) is 4.32. The molecule has 34 heavy (non-hydrogen) atoms. The van der Waals surface area contributed by atoms with E-state index in [0.717, 1.165) is 43.9 Å². The van der Waals surface area contributed by atoms with Gasteiger partial charge >= 0.3 is 0 Å². The summed E-state index contributed by atoms with van der Waals surface area (Å²) in [6, 6.07) is 37.3. The number of nitrogens with zero attached hydrogens (tertiary/aromatic N) is 2. The lowest BCUT2D eigenvalue weighted by Crippen LogP contribution is -1.95. The van der Waals surface area contributed by atoms with Crippen LogP contribution in [0.5, 0.6) is 0 Å². The lowest BCUT2D eigenvalue weighted by molar-refractivity contribution is 0.678. The molecular formula is C30H18N2OS. The van der Waals surface area contributed by atoms with Crippen molar-refractivity contribution in [2.45, 2.75) is 0 Å². The third-order valence-electron chi connectivity index (χ3n) is 6.14. The molecule has 7 rings (SSSR count). The Balaban J connectivity index is 1.47. The van der Waals surface area contributed by atoms with Crippen LogP contribution in [-0.4, -0.2) is 9.97 Å². The third kappa shape index (κ3) is 3.11. The molecule has 0 spiro atoms. The van der Waals surface area contributed by atoms with Gasteiger partial charge in [-0.2, -0.15) is 0 Å². The van der Waals surface area contributed by atoms with Gasteiger partial charge in [0.05, 0.1) is 11.4 Å². The second-order valence-corrected chi connectivity index (χ2v) is 9.28. The molecule has 0 aliphatic carbocycles. The van der Waals surface area contributed by atoms with Gasteiger partial charge in [-0.05, 0) is 30.3 Å². The topological polar surface area (TPSA) is 38.9 Å². The average molecular weight is 455 g/mol. The number of fused-ring (bicyclic) bond motifs is 5. The van der Waals surface area contributed by atoms with Crippen LogP contribution in [0.4, 0.5) is 0 Å². The largest absolute Gasteiger partial charge is 0.445 e. The first-order valence-corrected chi connectivity index (χ1v) is 12.0. The van der Waals surface area contributed by atoms with Crippen molar-refractivity contribution in [3.8, 4) is 33.9 Å². The predicted octanol–water partition coefficient (Wildman–Crippen LogP) is 8.59. The highest BCUT2D eigenvalue weighted by atomic mass is 32.1. The summed E-state index contributed by atoms with van der Waals surface area (Å²) in [4.78, 5) is 10.9. The molecule has 0 amide bonds. The summed E-state index contributed by atoms with van der Waals surface area (Å²) in [6.45, 7) is 0. The summed E-state index contributed by atoms with van der Waals surface area (Å²) in [5, 5.41) is 3.49. The van der Waals surface area contributed by atoms with Gasteiger partial charge in [-0.1, -0.05) is 90.2 Å². The highest BCUT2D eigenvalue weighted by molar-refractivity contribution is 7.25. The smallest absolute Gasteiger partial charge is 0.190 e. The number of hydrogen-bond donors (Lipinski definition) is 0. The Morgan fingerprint density at radius 2 is 1.21 bits per heavy atom. The van der Waals surface area contributed by atoms with Crippen LogP contribution in [0.1, 0.15) is 0 Å². The van der Waals surface area contributed by atoms with Gasteiger partial charge in [-0.15, -0.1) is 0 Å². The lowest BCUT2D eigenvalue weighted by atomic mass is 10.1. The Bertz CT molecular complexity index is 1740. The molecule has 0 aliphatic rings. The quantitative estimate of drug-likeness (QED) is 0.268. The van der Waals surface area contributed by atoms with E-state index < -0.39 is 0 Å². The molecule has 3 aromatic heterocycles. The molecule has 3 heterocycles. The normalized spacial score (nSPS) is 11.5. The Hall–Kier alpha value is -4.28. The molecule has 0 aliphatic heterocycles. The van der Waals surface area contributed by atoms with Gasteiger partial charge in [0.15, 0.2) is 10.7 Å². The monoisotopic (exact) mass is 454 g/mol. The van der Waals surface area contributed by atoms with E-state index in [1.54, 1.807) is 11.3 Å². The van der Waals surface area contributed by atoms with E-state index in [4.69, 9.17) is 14.4 Å². The maximum Gasteiger partial charge on any atom is 0.190 e. The molecule has 0 radical (unpaired) electrons. The van der Waals surface area contributed by atoms with E-state index in [1.165, 1.54) is 15.5 Å². The molecular weight excluding hydrogens is 436 g/mol. The summed E-state index contributed by atoms with van der Waals surface area (Å²) < 4.78 is 7.43. The number of thiophene rings is 1. The van der Waals surface area contributed by atoms with Crippen molar-refractivity contribution in [2.75, 3.05) is 0 Å².